The zero-order valence-corrected chi connectivity index (χ0v) is 15.3. The van der Waals surface area contributed by atoms with Gasteiger partial charge in [-0.3, -0.25) is 9.69 Å². The first-order valence-corrected chi connectivity index (χ1v) is 9.26. The Balaban J connectivity index is 1.45. The highest BCUT2D eigenvalue weighted by molar-refractivity contribution is 6.30. The summed E-state index contributed by atoms with van der Waals surface area (Å²) in [5, 5.41) is 0.705. The standard InChI is InChI=1S/C20H23ClN2O2/c1-22-10-3-8-20(19(22)24)9-11-23(14-20)13-17-6-7-18(25-17)15-4-2-5-16(21)12-15/h2,4-7,12H,3,8-11,13-14H2,1H3. The molecule has 0 saturated carbocycles. The summed E-state index contributed by atoms with van der Waals surface area (Å²) in [5.74, 6) is 2.09. The van der Waals surface area contributed by atoms with Crippen molar-refractivity contribution in [1.29, 1.82) is 0 Å². The number of halogens is 1. The predicted molar refractivity (Wildman–Crippen MR) is 98.4 cm³/mol. The van der Waals surface area contributed by atoms with E-state index in [1.54, 1.807) is 0 Å². The van der Waals surface area contributed by atoms with Crippen LogP contribution < -0.4 is 0 Å². The van der Waals surface area contributed by atoms with E-state index in [1.165, 1.54) is 0 Å². The van der Waals surface area contributed by atoms with Crippen molar-refractivity contribution in [2.45, 2.75) is 25.8 Å². The van der Waals surface area contributed by atoms with Crippen molar-refractivity contribution in [1.82, 2.24) is 9.80 Å². The molecule has 1 aromatic heterocycles. The first kappa shape index (κ1) is 16.7. The average molecular weight is 359 g/mol. The largest absolute Gasteiger partial charge is 0.460 e. The fourth-order valence-electron chi connectivity index (χ4n) is 4.22. The van der Waals surface area contributed by atoms with Crippen molar-refractivity contribution in [2.75, 3.05) is 26.7 Å². The van der Waals surface area contributed by atoms with Gasteiger partial charge in [-0.05, 0) is 50.1 Å². The Kier molecular flexibility index (Phi) is 4.34. The topological polar surface area (TPSA) is 36.7 Å². The van der Waals surface area contributed by atoms with Crippen LogP contribution in [-0.4, -0.2) is 42.4 Å². The number of likely N-dealkylation sites (tertiary alicyclic amines) is 2. The van der Waals surface area contributed by atoms with Gasteiger partial charge in [0.15, 0.2) is 0 Å². The van der Waals surface area contributed by atoms with Crippen molar-refractivity contribution >= 4 is 17.5 Å². The lowest BCUT2D eigenvalue weighted by molar-refractivity contribution is -0.144. The summed E-state index contributed by atoms with van der Waals surface area (Å²) in [4.78, 5) is 16.9. The molecular weight excluding hydrogens is 336 g/mol. The lowest BCUT2D eigenvalue weighted by Crippen LogP contribution is -2.48. The van der Waals surface area contributed by atoms with Crippen LogP contribution >= 0.6 is 11.6 Å². The molecule has 0 N–H and O–H groups in total. The van der Waals surface area contributed by atoms with Crippen LogP contribution in [-0.2, 0) is 11.3 Å². The highest BCUT2D eigenvalue weighted by atomic mass is 35.5. The number of hydrogen-bond donors (Lipinski definition) is 0. The van der Waals surface area contributed by atoms with Crippen molar-refractivity contribution in [3.63, 3.8) is 0 Å². The first-order valence-electron chi connectivity index (χ1n) is 8.88. The van der Waals surface area contributed by atoms with Crippen LogP contribution in [0.4, 0.5) is 0 Å². The molecule has 132 valence electrons. The van der Waals surface area contributed by atoms with Crippen molar-refractivity contribution in [2.24, 2.45) is 5.41 Å². The van der Waals surface area contributed by atoms with Gasteiger partial charge in [0.05, 0.1) is 12.0 Å². The highest BCUT2D eigenvalue weighted by Gasteiger charge is 2.47. The van der Waals surface area contributed by atoms with E-state index in [2.05, 4.69) is 4.90 Å². The number of nitrogens with zero attached hydrogens (tertiary/aromatic N) is 2. The van der Waals surface area contributed by atoms with Crippen LogP contribution in [0.15, 0.2) is 40.8 Å². The first-order chi connectivity index (χ1) is 12.1. The molecule has 0 bridgehead atoms. The van der Waals surface area contributed by atoms with E-state index in [0.717, 1.165) is 62.5 Å². The molecule has 25 heavy (non-hydrogen) atoms. The van der Waals surface area contributed by atoms with E-state index in [0.29, 0.717) is 10.9 Å². The second-order valence-corrected chi connectivity index (χ2v) is 7.78. The van der Waals surface area contributed by atoms with E-state index in [-0.39, 0.29) is 5.41 Å². The second kappa shape index (κ2) is 6.50. The number of amides is 1. The maximum Gasteiger partial charge on any atom is 0.229 e. The van der Waals surface area contributed by atoms with Gasteiger partial charge in [0.2, 0.25) is 5.91 Å². The molecule has 0 aliphatic carbocycles. The van der Waals surface area contributed by atoms with Crippen LogP contribution in [0.1, 0.15) is 25.0 Å². The second-order valence-electron chi connectivity index (χ2n) is 7.35. The van der Waals surface area contributed by atoms with Crippen LogP contribution in [0, 0.1) is 5.41 Å². The van der Waals surface area contributed by atoms with E-state index in [4.69, 9.17) is 16.0 Å². The van der Waals surface area contributed by atoms with Gasteiger partial charge in [0, 0.05) is 30.7 Å². The van der Waals surface area contributed by atoms with E-state index in [1.807, 2.05) is 48.3 Å². The zero-order valence-electron chi connectivity index (χ0n) is 14.5. The minimum atomic E-state index is -0.171. The normalized spacial score (nSPS) is 24.4. The van der Waals surface area contributed by atoms with E-state index >= 15 is 0 Å². The lowest BCUT2D eigenvalue weighted by Gasteiger charge is -2.37. The number of furan rings is 1. The van der Waals surface area contributed by atoms with Crippen molar-refractivity contribution < 1.29 is 9.21 Å². The van der Waals surface area contributed by atoms with Gasteiger partial charge in [0.25, 0.3) is 0 Å². The minimum absolute atomic E-state index is 0.171. The van der Waals surface area contributed by atoms with Gasteiger partial charge in [-0.2, -0.15) is 0 Å². The number of rotatable bonds is 3. The highest BCUT2D eigenvalue weighted by Crippen LogP contribution is 2.40. The molecule has 4 rings (SSSR count). The SMILES string of the molecule is CN1CCCC2(CCN(Cc3ccc(-c4cccc(Cl)c4)o3)C2)C1=O. The number of hydrogen-bond acceptors (Lipinski definition) is 3. The molecule has 1 unspecified atom stereocenters. The Morgan fingerprint density at radius 3 is 2.92 bits per heavy atom. The summed E-state index contributed by atoms with van der Waals surface area (Å²) in [6.45, 7) is 3.43. The van der Waals surface area contributed by atoms with Gasteiger partial charge < -0.3 is 9.32 Å². The van der Waals surface area contributed by atoms with Gasteiger partial charge >= 0.3 is 0 Å². The van der Waals surface area contributed by atoms with Crippen LogP contribution in [0.2, 0.25) is 5.02 Å². The number of carbonyl (C=O) groups excluding carboxylic acids is 1. The molecule has 2 aliphatic rings. The molecule has 1 atom stereocenters. The molecule has 1 amide bonds. The van der Waals surface area contributed by atoms with Crippen LogP contribution in [0.5, 0.6) is 0 Å². The Labute approximate surface area is 153 Å². The van der Waals surface area contributed by atoms with E-state index in [9.17, 15) is 4.79 Å². The maximum atomic E-state index is 12.6. The number of piperidine rings is 1. The molecule has 5 heteroatoms. The molecule has 2 aromatic rings. The summed E-state index contributed by atoms with van der Waals surface area (Å²) in [5.41, 5.74) is 0.816. The molecular formula is C20H23ClN2O2. The molecule has 0 radical (unpaired) electrons. The Morgan fingerprint density at radius 2 is 2.08 bits per heavy atom. The summed E-state index contributed by atoms with van der Waals surface area (Å²) in [7, 11) is 1.93. The monoisotopic (exact) mass is 358 g/mol. The summed E-state index contributed by atoms with van der Waals surface area (Å²) >= 11 is 6.06. The molecule has 2 aliphatic heterocycles. The maximum absolute atomic E-state index is 12.6. The predicted octanol–water partition coefficient (Wildman–Crippen LogP) is 4.04. The Hall–Kier alpha value is -1.78. The quantitative estimate of drug-likeness (QED) is 0.830. The molecule has 2 fully saturated rings. The van der Waals surface area contributed by atoms with Crippen molar-refractivity contribution in [3.8, 4) is 11.3 Å². The third-order valence-electron chi connectivity index (χ3n) is 5.53. The lowest BCUT2D eigenvalue weighted by atomic mass is 9.78. The third-order valence-corrected chi connectivity index (χ3v) is 5.77. The molecule has 1 spiro atoms. The average Bonchev–Trinajstić information content (AvgIpc) is 3.21. The molecule has 4 nitrogen and oxygen atoms in total. The number of benzene rings is 1. The van der Waals surface area contributed by atoms with Gasteiger partial charge in [-0.1, -0.05) is 23.7 Å². The van der Waals surface area contributed by atoms with E-state index < -0.39 is 0 Å². The zero-order chi connectivity index (χ0) is 17.4. The Bertz CT molecular complexity index is 788. The smallest absolute Gasteiger partial charge is 0.229 e. The number of carbonyl (C=O) groups is 1. The van der Waals surface area contributed by atoms with Crippen LogP contribution in [0.25, 0.3) is 11.3 Å². The fourth-order valence-corrected chi connectivity index (χ4v) is 4.41. The van der Waals surface area contributed by atoms with Gasteiger partial charge in [0.1, 0.15) is 11.5 Å². The molecule has 3 heterocycles. The third kappa shape index (κ3) is 3.21. The fraction of sp³-hybridized carbons (Fsp3) is 0.450. The van der Waals surface area contributed by atoms with Crippen molar-refractivity contribution in [3.05, 3.63) is 47.2 Å². The minimum Gasteiger partial charge on any atom is -0.460 e. The Morgan fingerprint density at radius 1 is 1.20 bits per heavy atom. The summed E-state index contributed by atoms with van der Waals surface area (Å²) < 4.78 is 6.01. The van der Waals surface area contributed by atoms with Gasteiger partial charge in [-0.15, -0.1) is 0 Å². The summed E-state index contributed by atoms with van der Waals surface area (Å²) in [6, 6.07) is 11.7. The molecule has 2 saturated heterocycles. The van der Waals surface area contributed by atoms with Crippen LogP contribution in [0.3, 0.4) is 0 Å². The molecule has 1 aromatic carbocycles. The summed E-state index contributed by atoms with van der Waals surface area (Å²) in [6.07, 6.45) is 3.08. The van der Waals surface area contributed by atoms with Gasteiger partial charge in [-0.25, -0.2) is 0 Å².